The van der Waals surface area contributed by atoms with Crippen molar-refractivity contribution in [1.82, 2.24) is 14.5 Å². The normalized spacial score (nSPS) is 11.8. The zero-order valence-electron chi connectivity index (χ0n) is 12.1. The summed E-state index contributed by atoms with van der Waals surface area (Å²) in [5.41, 5.74) is 0.428. The summed E-state index contributed by atoms with van der Waals surface area (Å²) in [5.74, 6) is 0. The smallest absolute Gasteiger partial charge is 0.266 e. The maximum atomic E-state index is 12.1. The van der Waals surface area contributed by atoms with Gasteiger partial charge in [0.1, 0.15) is 5.69 Å². The van der Waals surface area contributed by atoms with Crippen molar-refractivity contribution in [2.45, 2.75) is 32.2 Å². The lowest BCUT2D eigenvalue weighted by atomic mass is 10.3. The number of hydrogen-bond donors (Lipinski definition) is 1. The predicted octanol–water partition coefficient (Wildman–Crippen LogP) is 1.60. The number of hydrogen-bond acceptors (Lipinski definition) is 5. The fourth-order valence-electron chi connectivity index (χ4n) is 1.93. The summed E-state index contributed by atoms with van der Waals surface area (Å²) in [4.78, 5) is 13.2. The van der Waals surface area contributed by atoms with Crippen LogP contribution in [0.5, 0.6) is 0 Å². The van der Waals surface area contributed by atoms with Crippen molar-refractivity contribution in [3.05, 3.63) is 33.4 Å². The third-order valence-corrected chi connectivity index (χ3v) is 5.79. The van der Waals surface area contributed by atoms with E-state index in [9.17, 15) is 13.2 Å². The van der Waals surface area contributed by atoms with Crippen LogP contribution in [0.4, 0.5) is 0 Å². The fourth-order valence-corrected chi connectivity index (χ4v) is 4.53. The van der Waals surface area contributed by atoms with Crippen LogP contribution in [0, 0.1) is 6.92 Å². The molecule has 2 aromatic heterocycles. The van der Waals surface area contributed by atoms with Gasteiger partial charge in [-0.2, -0.15) is 5.10 Å². The monoisotopic (exact) mass is 327 g/mol. The Kier molecular flexibility index (Phi) is 4.60. The van der Waals surface area contributed by atoms with Gasteiger partial charge in [0.2, 0.25) is 10.0 Å². The first-order chi connectivity index (χ1) is 9.89. The molecule has 0 fully saturated rings. The summed E-state index contributed by atoms with van der Waals surface area (Å²) in [5, 5.41) is 4.24. The topological polar surface area (TPSA) is 81.1 Å². The molecular formula is C13H17N3O3S2. The lowest BCUT2D eigenvalue weighted by molar-refractivity contribution is 0.584. The Morgan fingerprint density at radius 1 is 1.33 bits per heavy atom. The molecule has 0 saturated carbocycles. The molecule has 8 heteroatoms. The Morgan fingerprint density at radius 2 is 2.05 bits per heavy atom. The molecule has 0 saturated heterocycles. The molecule has 0 atom stereocenters. The Morgan fingerprint density at radius 3 is 2.67 bits per heavy atom. The first-order valence-electron chi connectivity index (χ1n) is 6.57. The van der Waals surface area contributed by atoms with E-state index in [2.05, 4.69) is 9.82 Å². The molecule has 2 aromatic rings. The van der Waals surface area contributed by atoms with Crippen LogP contribution in [0.1, 0.15) is 18.7 Å². The molecule has 2 heterocycles. The second-order valence-corrected chi connectivity index (χ2v) is 7.40. The molecule has 0 aliphatic heterocycles. The zero-order chi connectivity index (χ0) is 15.6. The van der Waals surface area contributed by atoms with Crippen LogP contribution in [0.2, 0.25) is 0 Å². The van der Waals surface area contributed by atoms with E-state index in [4.69, 9.17) is 0 Å². The molecule has 0 aromatic carbocycles. The maximum absolute atomic E-state index is 12.1. The quantitative estimate of drug-likeness (QED) is 0.904. The van der Waals surface area contributed by atoms with Crippen molar-refractivity contribution in [2.75, 3.05) is 6.54 Å². The standard InChI is InChI=1S/C13H17N3O3S2/c1-4-14-21(18,19)12-8-11(20-9(12)3)10-6-7-13(17)16(5-2)15-10/h6-8,14H,4-5H2,1-3H3. The molecule has 0 aliphatic carbocycles. The number of aromatic nitrogens is 2. The molecule has 21 heavy (non-hydrogen) atoms. The van der Waals surface area contributed by atoms with Crippen molar-refractivity contribution in [3.63, 3.8) is 0 Å². The van der Waals surface area contributed by atoms with Gasteiger partial charge in [-0.25, -0.2) is 17.8 Å². The number of aryl methyl sites for hydroxylation is 2. The van der Waals surface area contributed by atoms with Gasteiger partial charge in [-0.15, -0.1) is 11.3 Å². The van der Waals surface area contributed by atoms with Crippen molar-refractivity contribution in [2.24, 2.45) is 0 Å². The van der Waals surface area contributed by atoms with Crippen LogP contribution in [-0.2, 0) is 16.6 Å². The highest BCUT2D eigenvalue weighted by atomic mass is 32.2. The largest absolute Gasteiger partial charge is 0.268 e. The van der Waals surface area contributed by atoms with Gasteiger partial charge in [-0.1, -0.05) is 6.92 Å². The zero-order valence-corrected chi connectivity index (χ0v) is 13.7. The molecular weight excluding hydrogens is 310 g/mol. The minimum absolute atomic E-state index is 0.171. The number of nitrogens with one attached hydrogen (secondary N) is 1. The third kappa shape index (κ3) is 3.22. The maximum Gasteiger partial charge on any atom is 0.266 e. The molecule has 1 N–H and O–H groups in total. The number of sulfonamides is 1. The van der Waals surface area contributed by atoms with Gasteiger partial charge in [0, 0.05) is 24.0 Å². The highest BCUT2D eigenvalue weighted by Gasteiger charge is 2.20. The molecule has 2 rings (SSSR count). The van der Waals surface area contributed by atoms with E-state index in [0.29, 0.717) is 23.7 Å². The van der Waals surface area contributed by atoms with Crippen molar-refractivity contribution in [3.8, 4) is 10.6 Å². The SMILES string of the molecule is CCNS(=O)(=O)c1cc(-c2ccc(=O)n(CC)n2)sc1C. The second-order valence-electron chi connectivity index (χ2n) is 4.40. The van der Waals surface area contributed by atoms with Crippen LogP contribution >= 0.6 is 11.3 Å². The van der Waals surface area contributed by atoms with Crippen molar-refractivity contribution < 1.29 is 8.42 Å². The third-order valence-electron chi connectivity index (χ3n) is 2.91. The number of rotatable bonds is 5. The van der Waals surface area contributed by atoms with E-state index in [-0.39, 0.29) is 10.5 Å². The molecule has 0 bridgehead atoms. The van der Waals surface area contributed by atoms with Crippen LogP contribution in [0.3, 0.4) is 0 Å². The van der Waals surface area contributed by atoms with Crippen molar-refractivity contribution >= 4 is 21.4 Å². The summed E-state index contributed by atoms with van der Waals surface area (Å²) >= 11 is 1.35. The Bertz CT molecular complexity index is 806. The highest BCUT2D eigenvalue weighted by Crippen LogP contribution is 2.31. The van der Waals surface area contributed by atoms with Gasteiger partial charge in [0.05, 0.1) is 9.77 Å². The lowest BCUT2D eigenvalue weighted by Crippen LogP contribution is -2.23. The van der Waals surface area contributed by atoms with Gasteiger partial charge in [0.25, 0.3) is 5.56 Å². The van der Waals surface area contributed by atoms with E-state index < -0.39 is 10.0 Å². The minimum atomic E-state index is -3.49. The molecule has 0 radical (unpaired) electrons. The van der Waals surface area contributed by atoms with Crippen LogP contribution in [0.25, 0.3) is 10.6 Å². The van der Waals surface area contributed by atoms with E-state index in [0.717, 1.165) is 4.88 Å². The van der Waals surface area contributed by atoms with Crippen LogP contribution in [0.15, 0.2) is 27.9 Å². The minimum Gasteiger partial charge on any atom is -0.268 e. The number of nitrogens with zero attached hydrogens (tertiary/aromatic N) is 2. The Balaban J connectivity index is 2.51. The van der Waals surface area contributed by atoms with Gasteiger partial charge < -0.3 is 0 Å². The summed E-state index contributed by atoms with van der Waals surface area (Å²) in [6.45, 7) is 6.14. The molecule has 6 nitrogen and oxygen atoms in total. The summed E-state index contributed by atoms with van der Waals surface area (Å²) in [6, 6.07) is 4.66. The average molecular weight is 327 g/mol. The van der Waals surface area contributed by atoms with Gasteiger partial charge in [-0.05, 0) is 26.0 Å². The summed E-state index contributed by atoms with van der Waals surface area (Å²) < 4.78 is 28.0. The van der Waals surface area contributed by atoms with Gasteiger partial charge >= 0.3 is 0 Å². The Labute approximate surface area is 127 Å². The predicted molar refractivity (Wildman–Crippen MR) is 83.1 cm³/mol. The number of thiophene rings is 1. The summed E-state index contributed by atoms with van der Waals surface area (Å²) in [7, 11) is -3.49. The van der Waals surface area contributed by atoms with Crippen LogP contribution in [-0.4, -0.2) is 24.7 Å². The highest BCUT2D eigenvalue weighted by molar-refractivity contribution is 7.89. The van der Waals surface area contributed by atoms with Gasteiger partial charge in [-0.3, -0.25) is 4.79 Å². The molecule has 0 amide bonds. The average Bonchev–Trinajstić information content (AvgIpc) is 2.82. The van der Waals surface area contributed by atoms with E-state index in [1.165, 1.54) is 22.1 Å². The fraction of sp³-hybridized carbons (Fsp3) is 0.385. The molecule has 0 aliphatic rings. The van der Waals surface area contributed by atoms with Crippen LogP contribution < -0.4 is 10.3 Å². The van der Waals surface area contributed by atoms with Crippen molar-refractivity contribution in [1.29, 1.82) is 0 Å². The summed E-state index contributed by atoms with van der Waals surface area (Å²) in [6.07, 6.45) is 0. The molecule has 0 unspecified atom stereocenters. The molecule has 0 spiro atoms. The lowest BCUT2D eigenvalue weighted by Gasteiger charge is -2.03. The second kappa shape index (κ2) is 6.08. The Hall–Kier alpha value is -1.51. The van der Waals surface area contributed by atoms with E-state index in [1.807, 2.05) is 6.92 Å². The van der Waals surface area contributed by atoms with Gasteiger partial charge in [0.15, 0.2) is 0 Å². The molecule has 114 valence electrons. The van der Waals surface area contributed by atoms with E-state index >= 15 is 0 Å². The van der Waals surface area contributed by atoms with E-state index in [1.54, 1.807) is 26.0 Å². The first kappa shape index (κ1) is 15.9. The first-order valence-corrected chi connectivity index (χ1v) is 8.87.